The highest BCUT2D eigenvalue weighted by Crippen LogP contribution is 2.31. The maximum atomic E-state index is 12.5. The monoisotopic (exact) mass is 399 g/mol. The van der Waals surface area contributed by atoms with E-state index in [-0.39, 0.29) is 18.1 Å². The first-order chi connectivity index (χ1) is 13.7. The van der Waals surface area contributed by atoms with Gasteiger partial charge in [0.1, 0.15) is 5.75 Å². The molecule has 5 nitrogen and oxygen atoms in total. The summed E-state index contributed by atoms with van der Waals surface area (Å²) in [6.45, 7) is 3.52. The molecule has 2 amide bonds. The van der Waals surface area contributed by atoms with Gasteiger partial charge in [0.05, 0.1) is 12.6 Å². The zero-order chi connectivity index (χ0) is 19.3. The van der Waals surface area contributed by atoms with Crippen LogP contribution in [-0.2, 0) is 6.54 Å². The minimum absolute atomic E-state index is 0.00921. The van der Waals surface area contributed by atoms with Crippen molar-refractivity contribution >= 4 is 17.6 Å². The summed E-state index contributed by atoms with van der Waals surface area (Å²) in [5.41, 5.74) is 2.33. The zero-order valence-electron chi connectivity index (χ0n) is 15.9. The van der Waals surface area contributed by atoms with Crippen LogP contribution in [0.15, 0.2) is 48.5 Å². The molecular weight excluding hydrogens is 374 g/mol. The van der Waals surface area contributed by atoms with Gasteiger partial charge in [-0.05, 0) is 36.6 Å². The number of hydrogen-bond donors (Lipinski definition) is 2. The van der Waals surface area contributed by atoms with E-state index < -0.39 is 0 Å². The van der Waals surface area contributed by atoms with E-state index >= 15 is 0 Å². The molecule has 0 spiro atoms. The van der Waals surface area contributed by atoms with E-state index in [1.807, 2.05) is 36.4 Å². The van der Waals surface area contributed by atoms with Crippen molar-refractivity contribution in [2.24, 2.45) is 0 Å². The Morgan fingerprint density at radius 3 is 2.57 bits per heavy atom. The quantitative estimate of drug-likeness (QED) is 0.812. The van der Waals surface area contributed by atoms with E-state index in [1.54, 1.807) is 0 Å². The van der Waals surface area contributed by atoms with Crippen molar-refractivity contribution in [2.45, 2.75) is 37.9 Å². The van der Waals surface area contributed by atoms with Gasteiger partial charge < -0.3 is 15.4 Å². The van der Waals surface area contributed by atoms with Gasteiger partial charge in [-0.15, -0.1) is 0 Å². The van der Waals surface area contributed by atoms with Crippen LogP contribution in [0.25, 0.3) is 0 Å². The molecule has 2 aliphatic heterocycles. The van der Waals surface area contributed by atoms with E-state index in [9.17, 15) is 4.79 Å². The second kappa shape index (κ2) is 8.84. The van der Waals surface area contributed by atoms with Gasteiger partial charge in [-0.25, -0.2) is 4.79 Å². The number of carbonyl (C=O) groups is 1. The predicted octanol–water partition coefficient (Wildman–Crippen LogP) is 4.13. The smallest absolute Gasteiger partial charge is 0.315 e. The van der Waals surface area contributed by atoms with Crippen LogP contribution in [0, 0.1) is 0 Å². The van der Waals surface area contributed by atoms with Crippen LogP contribution in [-0.4, -0.2) is 36.7 Å². The number of halogens is 1. The lowest BCUT2D eigenvalue weighted by molar-refractivity contribution is 0.183. The van der Waals surface area contributed by atoms with Gasteiger partial charge in [0.25, 0.3) is 0 Å². The molecule has 0 aromatic heterocycles. The maximum absolute atomic E-state index is 12.5. The summed E-state index contributed by atoms with van der Waals surface area (Å²) in [4.78, 5) is 14.9. The van der Waals surface area contributed by atoms with Gasteiger partial charge in [0.2, 0.25) is 0 Å². The molecule has 2 aromatic rings. The molecule has 148 valence electrons. The van der Waals surface area contributed by atoms with Gasteiger partial charge >= 0.3 is 6.03 Å². The van der Waals surface area contributed by atoms with Gasteiger partial charge in [-0.3, -0.25) is 4.90 Å². The summed E-state index contributed by atoms with van der Waals surface area (Å²) >= 11 is 5.95. The van der Waals surface area contributed by atoms with Crippen molar-refractivity contribution in [1.29, 1.82) is 0 Å². The predicted molar refractivity (Wildman–Crippen MR) is 111 cm³/mol. The molecule has 0 aliphatic carbocycles. The summed E-state index contributed by atoms with van der Waals surface area (Å²) in [6.07, 6.45) is 2.72. The molecule has 6 heteroatoms. The number of carbonyl (C=O) groups excluding carboxylic acids is 1. The van der Waals surface area contributed by atoms with Crippen LogP contribution < -0.4 is 15.4 Å². The summed E-state index contributed by atoms with van der Waals surface area (Å²) < 4.78 is 5.67. The Bertz CT molecular complexity index is 804. The number of rotatable bonds is 4. The highest BCUT2D eigenvalue weighted by Gasteiger charge is 2.25. The van der Waals surface area contributed by atoms with E-state index in [2.05, 4.69) is 27.7 Å². The zero-order valence-corrected chi connectivity index (χ0v) is 16.6. The number of amides is 2. The first-order valence-electron chi connectivity index (χ1n) is 9.93. The number of piperidine rings is 1. The first kappa shape index (κ1) is 19.1. The minimum Gasteiger partial charge on any atom is -0.493 e. The summed E-state index contributed by atoms with van der Waals surface area (Å²) in [5.74, 6) is 0.870. The third-order valence-electron chi connectivity index (χ3n) is 5.51. The summed E-state index contributed by atoms with van der Waals surface area (Å²) in [7, 11) is 0. The second-order valence-electron chi connectivity index (χ2n) is 7.52. The Hall–Kier alpha value is -2.24. The van der Waals surface area contributed by atoms with Crippen molar-refractivity contribution in [3.63, 3.8) is 0 Å². The average molecular weight is 400 g/mol. The molecule has 1 fully saturated rings. The Labute approximate surface area is 171 Å². The van der Waals surface area contributed by atoms with Crippen LogP contribution in [0.4, 0.5) is 4.79 Å². The second-order valence-corrected chi connectivity index (χ2v) is 7.96. The molecule has 2 N–H and O–H groups in total. The van der Waals surface area contributed by atoms with Crippen molar-refractivity contribution < 1.29 is 9.53 Å². The lowest BCUT2D eigenvalue weighted by Gasteiger charge is -2.33. The molecule has 2 aromatic carbocycles. The summed E-state index contributed by atoms with van der Waals surface area (Å²) in [5, 5.41) is 7.04. The van der Waals surface area contributed by atoms with Crippen LogP contribution in [0.1, 0.15) is 36.4 Å². The summed E-state index contributed by atoms with van der Waals surface area (Å²) in [6, 6.07) is 16.1. The highest BCUT2D eigenvalue weighted by molar-refractivity contribution is 6.30. The van der Waals surface area contributed by atoms with Gasteiger partial charge in [-0.1, -0.05) is 41.9 Å². The van der Waals surface area contributed by atoms with Crippen molar-refractivity contribution in [3.05, 3.63) is 64.7 Å². The van der Waals surface area contributed by atoms with Crippen LogP contribution in [0.2, 0.25) is 5.02 Å². The Morgan fingerprint density at radius 1 is 1.04 bits per heavy atom. The number of nitrogens with one attached hydrogen (secondary N) is 2. The molecule has 0 bridgehead atoms. The first-order valence-corrected chi connectivity index (χ1v) is 10.3. The third-order valence-corrected chi connectivity index (χ3v) is 5.76. The van der Waals surface area contributed by atoms with E-state index in [0.29, 0.717) is 6.61 Å². The number of nitrogens with zero attached hydrogens (tertiary/aromatic N) is 1. The standard InChI is InChI=1S/C22H26ClN3O2/c23-17-7-5-16(6-8-17)15-26-12-9-18(10-13-26)24-22(27)25-20-11-14-28-21-4-2-1-3-19(20)21/h1-8,18,20H,9-15H2,(H2,24,25,27)/t20-/m0/s1. The fraction of sp³-hybridized carbons (Fsp3) is 0.409. The van der Waals surface area contributed by atoms with Gasteiger partial charge in [0.15, 0.2) is 0 Å². The number of hydrogen-bond acceptors (Lipinski definition) is 3. The highest BCUT2D eigenvalue weighted by atomic mass is 35.5. The fourth-order valence-electron chi connectivity index (χ4n) is 3.96. The molecule has 4 rings (SSSR count). The van der Waals surface area contributed by atoms with E-state index in [0.717, 1.165) is 55.2 Å². The lowest BCUT2D eigenvalue weighted by atomic mass is 10.0. The lowest BCUT2D eigenvalue weighted by Crippen LogP contribution is -2.48. The van der Waals surface area contributed by atoms with Crippen molar-refractivity contribution in [3.8, 4) is 5.75 Å². The molecule has 0 radical (unpaired) electrons. The Morgan fingerprint density at radius 2 is 1.79 bits per heavy atom. The van der Waals surface area contributed by atoms with Gasteiger partial charge in [0, 0.05) is 42.7 Å². The number of para-hydroxylation sites is 1. The van der Waals surface area contributed by atoms with Crippen LogP contribution in [0.5, 0.6) is 5.75 Å². The average Bonchev–Trinajstić information content (AvgIpc) is 2.71. The topological polar surface area (TPSA) is 53.6 Å². The molecule has 1 atom stereocenters. The SMILES string of the molecule is O=C(NC1CCN(Cc2ccc(Cl)cc2)CC1)N[C@H]1CCOc2ccccc21. The van der Waals surface area contributed by atoms with Crippen molar-refractivity contribution in [2.75, 3.05) is 19.7 Å². The minimum atomic E-state index is -0.0853. The Balaban J connectivity index is 1.24. The van der Waals surface area contributed by atoms with E-state index in [1.165, 1.54) is 5.56 Å². The number of ether oxygens (including phenoxy) is 1. The number of fused-ring (bicyclic) bond motifs is 1. The molecule has 0 unspecified atom stereocenters. The molecule has 2 heterocycles. The molecular formula is C22H26ClN3O2. The van der Waals surface area contributed by atoms with Crippen molar-refractivity contribution in [1.82, 2.24) is 15.5 Å². The molecule has 0 saturated carbocycles. The number of urea groups is 1. The van der Waals surface area contributed by atoms with Crippen LogP contribution in [0.3, 0.4) is 0 Å². The number of likely N-dealkylation sites (tertiary alicyclic amines) is 1. The molecule has 2 aliphatic rings. The largest absolute Gasteiger partial charge is 0.493 e. The third kappa shape index (κ3) is 4.78. The molecule has 28 heavy (non-hydrogen) atoms. The fourth-order valence-corrected chi connectivity index (χ4v) is 4.09. The van der Waals surface area contributed by atoms with Crippen LogP contribution >= 0.6 is 11.6 Å². The Kier molecular flexibility index (Phi) is 6.03. The van der Waals surface area contributed by atoms with E-state index in [4.69, 9.17) is 16.3 Å². The maximum Gasteiger partial charge on any atom is 0.315 e. The normalized spacial score (nSPS) is 20.1. The van der Waals surface area contributed by atoms with Gasteiger partial charge in [-0.2, -0.15) is 0 Å². The number of benzene rings is 2. The molecule has 1 saturated heterocycles.